The van der Waals surface area contributed by atoms with Crippen LogP contribution in [0.15, 0.2) is 60.5 Å². The Bertz CT molecular complexity index is 1150. The van der Waals surface area contributed by atoms with Gasteiger partial charge in [0.1, 0.15) is 17.3 Å². The molecular formula is C20H15ClF4N4O4. The predicted octanol–water partition coefficient (Wildman–Crippen LogP) is 4.48. The van der Waals surface area contributed by atoms with Crippen LogP contribution >= 0.6 is 11.6 Å². The number of primary amides is 1. The highest BCUT2D eigenvalue weighted by atomic mass is 35.5. The van der Waals surface area contributed by atoms with Crippen LogP contribution in [0.25, 0.3) is 0 Å². The molecule has 2 aromatic carbocycles. The highest BCUT2D eigenvalue weighted by molar-refractivity contribution is 6.31. The van der Waals surface area contributed by atoms with Gasteiger partial charge in [-0.25, -0.2) is 14.2 Å². The SMILES string of the molecule is NC(=O)C1C=C(Oc2ccc(NC(=O)Nc3ccc(Cl)c(C(F)(F)F)c3)c(F)c2)C=CN1O. The minimum Gasteiger partial charge on any atom is -0.457 e. The third-order valence-electron chi connectivity index (χ3n) is 4.24. The first-order valence-electron chi connectivity index (χ1n) is 9.03. The Morgan fingerprint density at radius 3 is 2.52 bits per heavy atom. The van der Waals surface area contributed by atoms with Gasteiger partial charge in [0.05, 0.1) is 16.3 Å². The molecule has 3 rings (SSSR count). The van der Waals surface area contributed by atoms with E-state index in [0.717, 1.165) is 30.5 Å². The number of rotatable bonds is 5. The lowest BCUT2D eigenvalue weighted by Gasteiger charge is -2.23. The molecule has 174 valence electrons. The summed E-state index contributed by atoms with van der Waals surface area (Å²) in [6.45, 7) is 0. The number of allylic oxidation sites excluding steroid dienone is 1. The number of hydrogen-bond acceptors (Lipinski definition) is 5. The van der Waals surface area contributed by atoms with Gasteiger partial charge in [-0.1, -0.05) is 11.6 Å². The monoisotopic (exact) mass is 486 g/mol. The summed E-state index contributed by atoms with van der Waals surface area (Å²) in [6.07, 6.45) is -1.08. The van der Waals surface area contributed by atoms with Gasteiger partial charge in [-0.2, -0.15) is 13.2 Å². The van der Waals surface area contributed by atoms with Crippen LogP contribution in [-0.2, 0) is 11.0 Å². The number of amides is 3. The number of alkyl halides is 3. The van der Waals surface area contributed by atoms with Crippen LogP contribution in [-0.4, -0.2) is 28.3 Å². The molecule has 0 bridgehead atoms. The quantitative estimate of drug-likeness (QED) is 0.465. The number of nitrogens with one attached hydrogen (secondary N) is 2. The van der Waals surface area contributed by atoms with Gasteiger partial charge in [-0.15, -0.1) is 0 Å². The van der Waals surface area contributed by atoms with Crippen LogP contribution < -0.4 is 21.1 Å². The van der Waals surface area contributed by atoms with E-state index in [9.17, 15) is 32.4 Å². The standard InChI is InChI=1S/C20H15ClF4N4O4/c21-14-3-1-10(7-13(14)20(23,24)25)27-19(31)28-16-4-2-11(8-15(16)22)33-12-5-6-29(32)17(9-12)18(26)30/h1-9,17,32H,(H2,26,30)(H2,27,28,31). The van der Waals surface area contributed by atoms with E-state index in [1.54, 1.807) is 0 Å². The summed E-state index contributed by atoms with van der Waals surface area (Å²) < 4.78 is 58.6. The van der Waals surface area contributed by atoms with Crippen molar-refractivity contribution < 1.29 is 37.1 Å². The van der Waals surface area contributed by atoms with Gasteiger partial charge in [0, 0.05) is 18.0 Å². The van der Waals surface area contributed by atoms with E-state index in [2.05, 4.69) is 10.6 Å². The Labute approximate surface area is 188 Å². The van der Waals surface area contributed by atoms with Crippen molar-refractivity contribution in [2.24, 2.45) is 5.73 Å². The minimum atomic E-state index is -4.72. The molecule has 0 aliphatic carbocycles. The summed E-state index contributed by atoms with van der Waals surface area (Å²) in [7, 11) is 0. The number of nitrogens with zero attached hydrogens (tertiary/aromatic N) is 1. The normalized spacial score (nSPS) is 15.6. The molecule has 0 radical (unpaired) electrons. The number of halogens is 5. The number of hydrogen-bond donors (Lipinski definition) is 4. The fraction of sp³-hybridized carbons (Fsp3) is 0.100. The van der Waals surface area contributed by atoms with Crippen LogP contribution in [0.1, 0.15) is 5.56 Å². The zero-order valence-corrected chi connectivity index (χ0v) is 17.1. The molecule has 5 N–H and O–H groups in total. The lowest BCUT2D eigenvalue weighted by molar-refractivity contribution is -0.137. The number of hydroxylamine groups is 2. The largest absolute Gasteiger partial charge is 0.457 e. The molecule has 1 aliphatic heterocycles. The second-order valence-corrected chi connectivity index (χ2v) is 7.03. The van der Waals surface area contributed by atoms with Crippen molar-refractivity contribution in [2.75, 3.05) is 10.6 Å². The summed E-state index contributed by atoms with van der Waals surface area (Å²) in [5, 5.41) is 13.9. The van der Waals surface area contributed by atoms with Crippen molar-refractivity contribution in [3.8, 4) is 5.75 Å². The molecule has 1 heterocycles. The van der Waals surface area contributed by atoms with E-state index in [0.29, 0.717) is 11.1 Å². The van der Waals surface area contributed by atoms with Gasteiger partial charge in [0.15, 0.2) is 6.04 Å². The van der Waals surface area contributed by atoms with Crippen molar-refractivity contribution in [2.45, 2.75) is 12.2 Å². The van der Waals surface area contributed by atoms with Crippen LogP contribution in [0.5, 0.6) is 5.75 Å². The Morgan fingerprint density at radius 2 is 1.88 bits per heavy atom. The fourth-order valence-electron chi connectivity index (χ4n) is 2.71. The maximum absolute atomic E-state index is 14.4. The molecule has 33 heavy (non-hydrogen) atoms. The van der Waals surface area contributed by atoms with Crippen LogP contribution in [0.2, 0.25) is 5.02 Å². The second-order valence-electron chi connectivity index (χ2n) is 6.63. The van der Waals surface area contributed by atoms with Gasteiger partial charge < -0.3 is 21.1 Å². The van der Waals surface area contributed by atoms with Crippen LogP contribution in [0.4, 0.5) is 33.7 Å². The predicted molar refractivity (Wildman–Crippen MR) is 110 cm³/mol. The zero-order valence-electron chi connectivity index (χ0n) is 16.4. The molecule has 1 unspecified atom stereocenters. The Morgan fingerprint density at radius 1 is 1.15 bits per heavy atom. The number of urea groups is 1. The zero-order chi connectivity index (χ0) is 24.3. The van der Waals surface area contributed by atoms with Gasteiger partial charge in [0.2, 0.25) is 5.91 Å². The first-order valence-corrected chi connectivity index (χ1v) is 9.40. The third kappa shape index (κ3) is 5.93. The molecule has 1 atom stereocenters. The molecule has 13 heteroatoms. The average molecular weight is 487 g/mol. The van der Waals surface area contributed by atoms with Crippen LogP contribution in [0, 0.1) is 5.82 Å². The maximum Gasteiger partial charge on any atom is 0.417 e. The molecule has 0 fully saturated rings. The van der Waals surface area contributed by atoms with Gasteiger partial charge in [0.25, 0.3) is 0 Å². The molecule has 0 saturated heterocycles. The van der Waals surface area contributed by atoms with E-state index in [4.69, 9.17) is 22.1 Å². The maximum atomic E-state index is 14.4. The number of nitrogens with two attached hydrogens (primary N) is 1. The highest BCUT2D eigenvalue weighted by Gasteiger charge is 2.33. The first-order chi connectivity index (χ1) is 15.4. The topological polar surface area (TPSA) is 117 Å². The van der Waals surface area contributed by atoms with Gasteiger partial charge >= 0.3 is 12.2 Å². The van der Waals surface area contributed by atoms with Crippen LogP contribution in [0.3, 0.4) is 0 Å². The Hall–Kier alpha value is -3.77. The van der Waals surface area contributed by atoms with Gasteiger partial charge in [-0.05, 0) is 42.5 Å². The van der Waals surface area contributed by atoms with Crippen molar-refractivity contribution in [3.05, 3.63) is 76.9 Å². The van der Waals surface area contributed by atoms with Gasteiger partial charge in [-0.3, -0.25) is 10.0 Å². The summed E-state index contributed by atoms with van der Waals surface area (Å²) in [5.41, 5.74) is 3.53. The second kappa shape index (κ2) is 9.38. The molecule has 0 spiro atoms. The molecule has 0 aromatic heterocycles. The summed E-state index contributed by atoms with van der Waals surface area (Å²) >= 11 is 5.53. The highest BCUT2D eigenvalue weighted by Crippen LogP contribution is 2.36. The summed E-state index contributed by atoms with van der Waals surface area (Å²) in [4.78, 5) is 23.4. The molecule has 2 aromatic rings. The minimum absolute atomic E-state index is 0.00325. The Balaban J connectivity index is 1.67. The number of carbonyl (C=O) groups is 2. The summed E-state index contributed by atoms with van der Waals surface area (Å²) in [6, 6.07) is 3.98. The van der Waals surface area contributed by atoms with E-state index >= 15 is 0 Å². The van der Waals surface area contributed by atoms with E-state index in [1.807, 2.05) is 0 Å². The van der Waals surface area contributed by atoms with E-state index in [1.165, 1.54) is 18.2 Å². The van der Waals surface area contributed by atoms with E-state index in [-0.39, 0.29) is 22.9 Å². The molecular weight excluding hydrogens is 472 g/mol. The lowest BCUT2D eigenvalue weighted by atomic mass is 10.2. The molecule has 8 nitrogen and oxygen atoms in total. The third-order valence-corrected chi connectivity index (χ3v) is 4.57. The van der Waals surface area contributed by atoms with E-state index < -0.39 is 40.6 Å². The van der Waals surface area contributed by atoms with Crippen molar-refractivity contribution in [1.82, 2.24) is 5.06 Å². The number of benzene rings is 2. The number of anilines is 2. The van der Waals surface area contributed by atoms with Crippen molar-refractivity contribution >= 4 is 34.9 Å². The number of ether oxygens (including phenoxy) is 1. The number of carbonyl (C=O) groups excluding carboxylic acids is 2. The van der Waals surface area contributed by atoms with Crippen molar-refractivity contribution in [1.29, 1.82) is 0 Å². The molecule has 0 saturated carbocycles. The molecule has 1 aliphatic rings. The van der Waals surface area contributed by atoms with Crippen molar-refractivity contribution in [3.63, 3.8) is 0 Å². The summed E-state index contributed by atoms with van der Waals surface area (Å²) in [5.74, 6) is -1.66. The first kappa shape index (κ1) is 23.9. The molecule has 3 amide bonds. The lowest BCUT2D eigenvalue weighted by Crippen LogP contribution is -2.40. The Kier molecular flexibility index (Phi) is 6.79. The fourth-order valence-corrected chi connectivity index (χ4v) is 2.94. The smallest absolute Gasteiger partial charge is 0.417 e. The average Bonchev–Trinajstić information content (AvgIpc) is 2.72.